The Morgan fingerprint density at radius 1 is 1.20 bits per heavy atom. The van der Waals surface area contributed by atoms with E-state index >= 15 is 0 Å². The summed E-state index contributed by atoms with van der Waals surface area (Å²) in [6.07, 6.45) is 0.799. The quantitative estimate of drug-likeness (QED) is 0.755. The second kappa shape index (κ2) is 8.37. The molecule has 2 aromatic carbocycles. The van der Waals surface area contributed by atoms with Gasteiger partial charge in [-0.05, 0) is 31.0 Å². The second-order valence-electron chi connectivity index (χ2n) is 5.72. The molecule has 1 amide bonds. The number of amides is 1. The number of carbonyl (C=O) groups is 1. The van der Waals surface area contributed by atoms with Crippen molar-refractivity contribution in [2.45, 2.75) is 25.8 Å². The molecule has 134 valence electrons. The Labute approximate surface area is 146 Å². The predicted molar refractivity (Wildman–Crippen MR) is 95.2 cm³/mol. The molecule has 1 atom stereocenters. The predicted octanol–water partition coefficient (Wildman–Crippen LogP) is 3.24. The first-order valence-corrected chi connectivity index (χ1v) is 8.00. The molecule has 1 unspecified atom stereocenters. The van der Waals surface area contributed by atoms with Crippen molar-refractivity contribution in [1.82, 2.24) is 5.32 Å². The molecule has 5 nitrogen and oxygen atoms in total. The second-order valence-corrected chi connectivity index (χ2v) is 5.72. The van der Waals surface area contributed by atoms with Crippen LogP contribution in [-0.4, -0.2) is 20.1 Å². The lowest BCUT2D eigenvalue weighted by atomic mass is 10.0. The summed E-state index contributed by atoms with van der Waals surface area (Å²) in [5.74, 6) is 0.0848. The number of nitrogens with one attached hydrogen (secondary N) is 1. The van der Waals surface area contributed by atoms with Crippen molar-refractivity contribution < 1.29 is 18.7 Å². The number of rotatable bonds is 7. The molecule has 25 heavy (non-hydrogen) atoms. The standard InChI is InChI=1S/C19H23FN2O3/c1-12(14-10-17(24-2)18(25-3)11-15(14)20)22-19(23)9-8-13-6-4-5-7-16(13)21/h4-7,10-12H,8-9,21H2,1-3H3,(H,22,23). The number of carbonyl (C=O) groups excluding carboxylic acids is 1. The highest BCUT2D eigenvalue weighted by Gasteiger charge is 2.18. The van der Waals surface area contributed by atoms with Gasteiger partial charge in [0.25, 0.3) is 0 Å². The largest absolute Gasteiger partial charge is 0.493 e. The van der Waals surface area contributed by atoms with Gasteiger partial charge in [0.2, 0.25) is 5.91 Å². The maximum atomic E-state index is 14.3. The van der Waals surface area contributed by atoms with Crippen LogP contribution in [0.3, 0.4) is 0 Å². The van der Waals surface area contributed by atoms with Crippen molar-refractivity contribution in [3.63, 3.8) is 0 Å². The van der Waals surface area contributed by atoms with E-state index in [1.54, 1.807) is 13.0 Å². The number of aryl methyl sites for hydroxylation is 1. The van der Waals surface area contributed by atoms with Crippen LogP contribution in [0.1, 0.15) is 30.5 Å². The monoisotopic (exact) mass is 346 g/mol. The first-order chi connectivity index (χ1) is 12.0. The first-order valence-electron chi connectivity index (χ1n) is 8.00. The summed E-state index contributed by atoms with van der Waals surface area (Å²) in [7, 11) is 2.92. The normalized spacial score (nSPS) is 11.7. The summed E-state index contributed by atoms with van der Waals surface area (Å²) in [4.78, 5) is 12.2. The molecule has 0 aromatic heterocycles. The number of nitrogen functional groups attached to an aromatic ring is 1. The fourth-order valence-corrected chi connectivity index (χ4v) is 2.60. The molecular formula is C19H23FN2O3. The van der Waals surface area contributed by atoms with Crippen molar-refractivity contribution in [3.8, 4) is 11.5 Å². The van der Waals surface area contributed by atoms with Crippen LogP contribution in [0.5, 0.6) is 11.5 Å². The van der Waals surface area contributed by atoms with Crippen LogP contribution in [0.15, 0.2) is 36.4 Å². The molecule has 0 aliphatic carbocycles. The Bertz CT molecular complexity index is 749. The lowest BCUT2D eigenvalue weighted by Gasteiger charge is -2.17. The fraction of sp³-hybridized carbons (Fsp3) is 0.316. The fourth-order valence-electron chi connectivity index (χ4n) is 2.60. The number of methoxy groups -OCH3 is 2. The lowest BCUT2D eigenvalue weighted by Crippen LogP contribution is -2.27. The summed E-state index contributed by atoms with van der Waals surface area (Å²) >= 11 is 0. The number of hydrogen-bond donors (Lipinski definition) is 2. The third kappa shape index (κ3) is 4.62. The van der Waals surface area contributed by atoms with Crippen LogP contribution < -0.4 is 20.5 Å². The van der Waals surface area contributed by atoms with E-state index in [4.69, 9.17) is 15.2 Å². The SMILES string of the molecule is COc1cc(F)c(C(C)NC(=O)CCc2ccccc2N)cc1OC. The third-order valence-corrected chi connectivity index (χ3v) is 4.02. The van der Waals surface area contributed by atoms with Crippen LogP contribution in [0, 0.1) is 5.82 Å². The van der Waals surface area contributed by atoms with Crippen LogP contribution in [0.2, 0.25) is 0 Å². The number of para-hydroxylation sites is 1. The van der Waals surface area contributed by atoms with Gasteiger partial charge in [0.1, 0.15) is 5.82 Å². The molecular weight excluding hydrogens is 323 g/mol. The lowest BCUT2D eigenvalue weighted by molar-refractivity contribution is -0.121. The minimum Gasteiger partial charge on any atom is -0.493 e. The minimum absolute atomic E-state index is 0.176. The van der Waals surface area contributed by atoms with Crippen molar-refractivity contribution in [1.29, 1.82) is 0 Å². The number of benzene rings is 2. The number of halogens is 1. The van der Waals surface area contributed by atoms with Crippen molar-refractivity contribution in [2.24, 2.45) is 0 Å². The van der Waals surface area contributed by atoms with E-state index in [0.717, 1.165) is 5.56 Å². The van der Waals surface area contributed by atoms with Crippen molar-refractivity contribution in [3.05, 3.63) is 53.3 Å². The highest BCUT2D eigenvalue weighted by molar-refractivity contribution is 5.77. The van der Waals surface area contributed by atoms with E-state index in [2.05, 4.69) is 5.32 Å². The summed E-state index contributed by atoms with van der Waals surface area (Å²) in [5, 5.41) is 2.80. The molecule has 2 rings (SSSR count). The van der Waals surface area contributed by atoms with Gasteiger partial charge in [0.15, 0.2) is 11.5 Å². The molecule has 0 heterocycles. The maximum absolute atomic E-state index is 14.3. The van der Waals surface area contributed by atoms with E-state index in [1.807, 2.05) is 18.2 Å². The van der Waals surface area contributed by atoms with Gasteiger partial charge in [-0.25, -0.2) is 4.39 Å². The number of hydrogen-bond acceptors (Lipinski definition) is 4. The van der Waals surface area contributed by atoms with Crippen LogP contribution in [-0.2, 0) is 11.2 Å². The Morgan fingerprint density at radius 2 is 1.84 bits per heavy atom. The smallest absolute Gasteiger partial charge is 0.220 e. The summed E-state index contributed by atoms with van der Waals surface area (Å²) < 4.78 is 24.5. The first kappa shape index (κ1) is 18.6. The Balaban J connectivity index is 2.02. The number of ether oxygens (including phenoxy) is 2. The van der Waals surface area contributed by atoms with Gasteiger partial charge in [-0.1, -0.05) is 18.2 Å². The van der Waals surface area contributed by atoms with Crippen LogP contribution in [0.4, 0.5) is 10.1 Å². The van der Waals surface area contributed by atoms with Gasteiger partial charge < -0.3 is 20.5 Å². The third-order valence-electron chi connectivity index (χ3n) is 4.02. The topological polar surface area (TPSA) is 73.6 Å². The highest BCUT2D eigenvalue weighted by Crippen LogP contribution is 2.32. The highest BCUT2D eigenvalue weighted by atomic mass is 19.1. The van der Waals surface area contributed by atoms with E-state index in [0.29, 0.717) is 29.2 Å². The maximum Gasteiger partial charge on any atom is 0.220 e. The summed E-state index contributed by atoms with van der Waals surface area (Å²) in [5.41, 5.74) is 7.79. The van der Waals surface area contributed by atoms with Crippen molar-refractivity contribution in [2.75, 3.05) is 20.0 Å². The van der Waals surface area contributed by atoms with Gasteiger partial charge in [0, 0.05) is 23.7 Å². The molecule has 2 aromatic rings. The zero-order chi connectivity index (χ0) is 18.4. The van der Waals surface area contributed by atoms with E-state index in [-0.39, 0.29) is 12.3 Å². The zero-order valence-electron chi connectivity index (χ0n) is 14.6. The number of nitrogens with two attached hydrogens (primary N) is 1. The molecule has 0 bridgehead atoms. The van der Waals surface area contributed by atoms with Crippen molar-refractivity contribution >= 4 is 11.6 Å². The Morgan fingerprint density at radius 3 is 2.48 bits per heavy atom. The molecule has 0 aliphatic heterocycles. The zero-order valence-corrected chi connectivity index (χ0v) is 14.6. The summed E-state index contributed by atoms with van der Waals surface area (Å²) in [6.45, 7) is 1.72. The summed E-state index contributed by atoms with van der Waals surface area (Å²) in [6, 6.07) is 9.71. The molecule has 0 radical (unpaired) electrons. The average Bonchev–Trinajstić information content (AvgIpc) is 2.60. The van der Waals surface area contributed by atoms with Gasteiger partial charge in [-0.2, -0.15) is 0 Å². The Kier molecular flexibility index (Phi) is 6.22. The van der Waals surface area contributed by atoms with Crippen LogP contribution in [0.25, 0.3) is 0 Å². The molecule has 0 aliphatic rings. The van der Waals surface area contributed by atoms with Gasteiger partial charge in [-0.3, -0.25) is 4.79 Å². The van der Waals surface area contributed by atoms with Gasteiger partial charge in [0.05, 0.1) is 20.3 Å². The van der Waals surface area contributed by atoms with Crippen LogP contribution >= 0.6 is 0 Å². The number of anilines is 1. The molecule has 3 N–H and O–H groups in total. The van der Waals surface area contributed by atoms with Gasteiger partial charge >= 0.3 is 0 Å². The average molecular weight is 346 g/mol. The minimum atomic E-state index is -0.500. The van der Waals surface area contributed by atoms with Gasteiger partial charge in [-0.15, -0.1) is 0 Å². The molecule has 0 fully saturated rings. The Hall–Kier alpha value is -2.76. The molecule has 0 saturated carbocycles. The van der Waals surface area contributed by atoms with E-state index in [9.17, 15) is 9.18 Å². The molecule has 0 spiro atoms. The molecule has 6 heteroatoms. The van der Waals surface area contributed by atoms with E-state index < -0.39 is 11.9 Å². The van der Waals surface area contributed by atoms with E-state index in [1.165, 1.54) is 26.4 Å². The molecule has 0 saturated heterocycles.